The van der Waals surface area contributed by atoms with Gasteiger partial charge in [0.1, 0.15) is 5.54 Å². The topological polar surface area (TPSA) is 47.6 Å². The Bertz CT molecular complexity index is 266. The van der Waals surface area contributed by atoms with Gasteiger partial charge >= 0.3 is 5.97 Å². The summed E-state index contributed by atoms with van der Waals surface area (Å²) in [5.41, 5.74) is -0.574. The predicted molar refractivity (Wildman–Crippen MR) is 76.1 cm³/mol. The number of ether oxygens (including phenoxy) is 2. The molecule has 0 amide bonds. The molecule has 0 aromatic heterocycles. The van der Waals surface area contributed by atoms with Crippen molar-refractivity contribution in [3.8, 4) is 0 Å². The van der Waals surface area contributed by atoms with Crippen molar-refractivity contribution < 1.29 is 14.3 Å². The molecule has 1 aliphatic carbocycles. The van der Waals surface area contributed by atoms with Crippen LogP contribution in [0.15, 0.2) is 0 Å². The molecule has 0 aliphatic heterocycles. The van der Waals surface area contributed by atoms with Gasteiger partial charge in [-0.15, -0.1) is 0 Å². The van der Waals surface area contributed by atoms with E-state index in [1.165, 1.54) is 12.8 Å². The third-order valence-corrected chi connectivity index (χ3v) is 3.51. The lowest BCUT2D eigenvalue weighted by molar-refractivity contribution is -0.151. The molecule has 1 N–H and O–H groups in total. The van der Waals surface area contributed by atoms with Crippen molar-refractivity contribution in [1.82, 2.24) is 5.32 Å². The molecular weight excluding hydrogens is 242 g/mol. The highest BCUT2D eigenvalue weighted by Gasteiger charge is 2.33. The van der Waals surface area contributed by atoms with E-state index >= 15 is 0 Å². The Labute approximate surface area is 117 Å². The van der Waals surface area contributed by atoms with Gasteiger partial charge in [-0.05, 0) is 58.4 Å². The summed E-state index contributed by atoms with van der Waals surface area (Å²) in [7, 11) is 0. The largest absolute Gasteiger partial charge is 0.465 e. The van der Waals surface area contributed by atoms with E-state index in [0.717, 1.165) is 44.9 Å². The zero-order valence-electron chi connectivity index (χ0n) is 12.7. The maximum absolute atomic E-state index is 12.0. The first-order valence-corrected chi connectivity index (χ1v) is 7.62. The number of nitrogens with one attached hydrogen (secondary N) is 1. The zero-order valence-corrected chi connectivity index (χ0v) is 12.7. The molecule has 1 saturated carbocycles. The Morgan fingerprint density at radius 3 is 2.68 bits per heavy atom. The monoisotopic (exact) mass is 271 g/mol. The van der Waals surface area contributed by atoms with Gasteiger partial charge in [0, 0.05) is 13.2 Å². The Hall–Kier alpha value is -0.610. The minimum atomic E-state index is -0.574. The van der Waals surface area contributed by atoms with E-state index in [2.05, 4.69) is 12.2 Å². The van der Waals surface area contributed by atoms with Gasteiger partial charge in [0.05, 0.1) is 6.61 Å². The molecule has 0 aromatic carbocycles. The molecule has 0 heterocycles. The molecule has 1 fully saturated rings. The molecular formula is C15H29NO3. The Kier molecular flexibility index (Phi) is 7.39. The van der Waals surface area contributed by atoms with Crippen molar-refractivity contribution in [2.45, 2.75) is 58.4 Å². The first-order chi connectivity index (χ1) is 9.12. The molecule has 1 aliphatic rings. The number of rotatable bonds is 11. The quantitative estimate of drug-likeness (QED) is 0.463. The average Bonchev–Trinajstić information content (AvgIpc) is 3.20. The fourth-order valence-electron chi connectivity index (χ4n) is 2.02. The van der Waals surface area contributed by atoms with Crippen LogP contribution in [0.4, 0.5) is 0 Å². The van der Waals surface area contributed by atoms with Gasteiger partial charge in [-0.2, -0.15) is 0 Å². The van der Waals surface area contributed by atoms with Crippen LogP contribution in [-0.2, 0) is 14.3 Å². The lowest BCUT2D eigenvalue weighted by atomic mass is 9.95. The molecule has 1 rings (SSSR count). The van der Waals surface area contributed by atoms with Gasteiger partial charge in [0.25, 0.3) is 0 Å². The molecule has 19 heavy (non-hydrogen) atoms. The molecule has 112 valence electrons. The van der Waals surface area contributed by atoms with E-state index in [0.29, 0.717) is 6.61 Å². The number of hydrogen-bond acceptors (Lipinski definition) is 4. The molecule has 0 spiro atoms. The molecule has 0 bridgehead atoms. The molecule has 4 nitrogen and oxygen atoms in total. The summed E-state index contributed by atoms with van der Waals surface area (Å²) in [5, 5.41) is 3.31. The fraction of sp³-hybridized carbons (Fsp3) is 0.933. The smallest absolute Gasteiger partial charge is 0.326 e. The summed E-state index contributed by atoms with van der Waals surface area (Å²) in [5.74, 6) is 0.653. The molecule has 1 atom stereocenters. The lowest BCUT2D eigenvalue weighted by Crippen LogP contribution is -2.50. The van der Waals surface area contributed by atoms with E-state index in [4.69, 9.17) is 9.47 Å². The Morgan fingerprint density at radius 1 is 1.37 bits per heavy atom. The van der Waals surface area contributed by atoms with E-state index < -0.39 is 5.54 Å². The van der Waals surface area contributed by atoms with Crippen molar-refractivity contribution >= 4 is 5.97 Å². The zero-order chi connectivity index (χ0) is 14.1. The summed E-state index contributed by atoms with van der Waals surface area (Å²) in [6, 6.07) is 0. The molecule has 0 radical (unpaired) electrons. The summed E-state index contributed by atoms with van der Waals surface area (Å²) >= 11 is 0. The van der Waals surface area contributed by atoms with E-state index in [1.807, 2.05) is 13.8 Å². The van der Waals surface area contributed by atoms with Crippen LogP contribution in [0.3, 0.4) is 0 Å². The van der Waals surface area contributed by atoms with Crippen LogP contribution in [0, 0.1) is 5.92 Å². The highest BCUT2D eigenvalue weighted by Crippen LogP contribution is 2.28. The molecule has 0 aromatic rings. The highest BCUT2D eigenvalue weighted by molar-refractivity contribution is 5.80. The Morgan fingerprint density at radius 2 is 2.11 bits per heavy atom. The standard InChI is InChI=1S/C15H29NO3/c1-4-10-16-15(3,14(17)19-5-2)9-6-11-18-12-13-7-8-13/h13,16H,4-12H2,1-3H3. The van der Waals surface area contributed by atoms with Crippen molar-refractivity contribution in [2.75, 3.05) is 26.4 Å². The van der Waals surface area contributed by atoms with E-state index in [9.17, 15) is 4.79 Å². The summed E-state index contributed by atoms with van der Waals surface area (Å²) in [6.45, 7) is 8.76. The van der Waals surface area contributed by atoms with Crippen LogP contribution in [0.2, 0.25) is 0 Å². The van der Waals surface area contributed by atoms with Crippen LogP contribution in [-0.4, -0.2) is 37.9 Å². The SMILES string of the molecule is CCCNC(C)(CCCOCC1CC1)C(=O)OCC. The third-order valence-electron chi connectivity index (χ3n) is 3.51. The minimum Gasteiger partial charge on any atom is -0.465 e. The van der Waals surface area contributed by atoms with Crippen molar-refractivity contribution in [1.29, 1.82) is 0 Å². The molecule has 4 heteroatoms. The van der Waals surface area contributed by atoms with Crippen molar-refractivity contribution in [2.24, 2.45) is 5.92 Å². The first kappa shape index (κ1) is 16.4. The minimum absolute atomic E-state index is 0.148. The normalized spacial score (nSPS) is 18.1. The second-order valence-corrected chi connectivity index (χ2v) is 5.60. The number of hydrogen-bond donors (Lipinski definition) is 1. The van der Waals surface area contributed by atoms with Crippen LogP contribution >= 0.6 is 0 Å². The van der Waals surface area contributed by atoms with Gasteiger partial charge in [-0.1, -0.05) is 6.92 Å². The van der Waals surface area contributed by atoms with Crippen LogP contribution in [0.5, 0.6) is 0 Å². The van der Waals surface area contributed by atoms with Gasteiger partial charge in [-0.25, -0.2) is 0 Å². The van der Waals surface area contributed by atoms with E-state index in [-0.39, 0.29) is 5.97 Å². The number of esters is 1. The predicted octanol–water partition coefficient (Wildman–Crippen LogP) is 2.51. The van der Waals surface area contributed by atoms with Crippen molar-refractivity contribution in [3.63, 3.8) is 0 Å². The maximum atomic E-state index is 12.0. The summed E-state index contributed by atoms with van der Waals surface area (Å²) in [4.78, 5) is 12.0. The van der Waals surface area contributed by atoms with Crippen LogP contribution < -0.4 is 5.32 Å². The maximum Gasteiger partial charge on any atom is 0.326 e. The molecule has 0 saturated heterocycles. The van der Waals surface area contributed by atoms with Gasteiger partial charge in [0.15, 0.2) is 0 Å². The highest BCUT2D eigenvalue weighted by atomic mass is 16.5. The van der Waals surface area contributed by atoms with Gasteiger partial charge in [0.2, 0.25) is 0 Å². The number of carbonyl (C=O) groups is 1. The third kappa shape index (κ3) is 6.39. The first-order valence-electron chi connectivity index (χ1n) is 7.62. The lowest BCUT2D eigenvalue weighted by Gasteiger charge is -2.28. The van der Waals surface area contributed by atoms with Crippen LogP contribution in [0.25, 0.3) is 0 Å². The van der Waals surface area contributed by atoms with Gasteiger partial charge in [-0.3, -0.25) is 4.79 Å². The van der Waals surface area contributed by atoms with E-state index in [1.54, 1.807) is 0 Å². The second kappa shape index (κ2) is 8.54. The molecule has 1 unspecified atom stereocenters. The summed E-state index contributed by atoms with van der Waals surface area (Å²) in [6.07, 6.45) is 5.29. The number of carbonyl (C=O) groups excluding carboxylic acids is 1. The average molecular weight is 271 g/mol. The summed E-state index contributed by atoms with van der Waals surface area (Å²) < 4.78 is 10.8. The fourth-order valence-corrected chi connectivity index (χ4v) is 2.02. The van der Waals surface area contributed by atoms with Crippen molar-refractivity contribution in [3.05, 3.63) is 0 Å². The van der Waals surface area contributed by atoms with Crippen LogP contribution in [0.1, 0.15) is 52.9 Å². The Balaban J connectivity index is 2.27. The van der Waals surface area contributed by atoms with Gasteiger partial charge < -0.3 is 14.8 Å². The second-order valence-electron chi connectivity index (χ2n) is 5.60.